The molecule has 10 heteroatoms. The second-order valence-electron chi connectivity index (χ2n) is 11.0. The van der Waals surface area contributed by atoms with Crippen LogP contribution in [-0.4, -0.2) is 64.8 Å². The number of aliphatic hydroxyl groups is 1. The summed E-state index contributed by atoms with van der Waals surface area (Å²) in [4.78, 5) is 30.2. The van der Waals surface area contributed by atoms with Gasteiger partial charge in [-0.1, -0.05) is 24.3 Å². The van der Waals surface area contributed by atoms with E-state index in [1.165, 1.54) is 24.3 Å². The molecule has 6 rings (SSSR count). The molecule has 0 bridgehead atoms. The van der Waals surface area contributed by atoms with Gasteiger partial charge in [0.15, 0.2) is 0 Å². The summed E-state index contributed by atoms with van der Waals surface area (Å²) in [5, 5.41) is 14.3. The lowest BCUT2D eigenvalue weighted by Crippen LogP contribution is -2.56. The first-order valence-electron chi connectivity index (χ1n) is 13.9. The van der Waals surface area contributed by atoms with E-state index in [2.05, 4.69) is 5.32 Å². The standard InChI is InChI=1S/C32H32F2N4O4/c1-36-26-17-20(42-2)11-12-22(26)28-29(36)27(18-39)38(31(41)35-25-10-6-5-9-24(25)34)19-32(28)13-15-37(16-14-32)30(40)21-7-3-4-8-23(21)33/h3-12,17,27,39H,13-16,18-19H2,1-2H3,(H,35,41)/t27-/m0/s1. The van der Waals surface area contributed by atoms with Crippen molar-refractivity contribution < 1.29 is 28.2 Å². The number of methoxy groups -OCH3 is 1. The third kappa shape index (κ3) is 4.46. The summed E-state index contributed by atoms with van der Waals surface area (Å²) in [5.41, 5.74) is 2.19. The number of benzene rings is 3. The van der Waals surface area contributed by atoms with E-state index < -0.39 is 29.1 Å². The van der Waals surface area contributed by atoms with Gasteiger partial charge in [-0.15, -0.1) is 0 Å². The number of likely N-dealkylation sites (tertiary alicyclic amines) is 1. The van der Waals surface area contributed by atoms with Crippen LogP contribution in [0, 0.1) is 11.6 Å². The zero-order chi connectivity index (χ0) is 29.6. The lowest BCUT2D eigenvalue weighted by Gasteiger charge is -2.50. The molecule has 42 heavy (non-hydrogen) atoms. The number of nitrogens with zero attached hydrogens (tertiary/aromatic N) is 3. The monoisotopic (exact) mass is 574 g/mol. The van der Waals surface area contributed by atoms with Gasteiger partial charge in [0.1, 0.15) is 17.4 Å². The van der Waals surface area contributed by atoms with Gasteiger partial charge in [0, 0.05) is 49.2 Å². The number of anilines is 1. The number of nitrogens with one attached hydrogen (secondary N) is 1. The molecule has 3 amide bonds. The molecule has 2 N–H and O–H groups in total. The molecule has 0 radical (unpaired) electrons. The van der Waals surface area contributed by atoms with Gasteiger partial charge < -0.3 is 29.5 Å². The van der Waals surface area contributed by atoms with Crippen molar-refractivity contribution >= 4 is 28.5 Å². The second-order valence-corrected chi connectivity index (χ2v) is 11.0. The summed E-state index contributed by atoms with van der Waals surface area (Å²) >= 11 is 0. The van der Waals surface area contributed by atoms with E-state index in [4.69, 9.17) is 4.74 Å². The Bertz CT molecular complexity index is 1680. The molecule has 4 aromatic rings. The number of rotatable bonds is 4. The average Bonchev–Trinajstić information content (AvgIpc) is 3.31. The number of hydrogen-bond acceptors (Lipinski definition) is 4. The molecule has 8 nitrogen and oxygen atoms in total. The summed E-state index contributed by atoms with van der Waals surface area (Å²) in [6, 6.07) is 16.5. The topological polar surface area (TPSA) is 87.0 Å². The van der Waals surface area contributed by atoms with Crippen molar-refractivity contribution in [2.45, 2.75) is 24.3 Å². The van der Waals surface area contributed by atoms with Gasteiger partial charge in [-0.05, 0) is 54.8 Å². The number of carbonyl (C=O) groups is 2. The Morgan fingerprint density at radius 3 is 2.38 bits per heavy atom. The number of ether oxygens (including phenoxy) is 1. The molecule has 3 aromatic carbocycles. The minimum Gasteiger partial charge on any atom is -0.497 e. The predicted octanol–water partition coefficient (Wildman–Crippen LogP) is 5.22. The van der Waals surface area contributed by atoms with E-state index >= 15 is 0 Å². The van der Waals surface area contributed by atoms with E-state index in [1.54, 1.807) is 41.2 Å². The van der Waals surface area contributed by atoms with Crippen LogP contribution in [-0.2, 0) is 12.5 Å². The third-order valence-corrected chi connectivity index (χ3v) is 8.81. The SMILES string of the molecule is COc1ccc2c3c(n(C)c2c1)[C@H](CO)N(C(=O)Nc1ccccc1F)CC31CCN(C(=O)c2ccccc2F)CC1. The first kappa shape index (κ1) is 27.7. The number of amides is 3. The largest absolute Gasteiger partial charge is 0.497 e. The van der Waals surface area contributed by atoms with Crippen LogP contribution in [0.4, 0.5) is 19.3 Å². The van der Waals surface area contributed by atoms with Crippen molar-refractivity contribution in [1.82, 2.24) is 14.4 Å². The van der Waals surface area contributed by atoms with E-state index in [0.29, 0.717) is 31.7 Å². The number of piperidine rings is 1. The molecule has 2 aliphatic heterocycles. The molecule has 2 aliphatic rings. The number of urea groups is 1. The highest BCUT2D eigenvalue weighted by atomic mass is 19.1. The van der Waals surface area contributed by atoms with Crippen molar-refractivity contribution in [3.63, 3.8) is 0 Å². The number of fused-ring (bicyclic) bond motifs is 4. The Morgan fingerprint density at radius 1 is 1.02 bits per heavy atom. The highest BCUT2D eigenvalue weighted by Gasteiger charge is 2.50. The van der Waals surface area contributed by atoms with Gasteiger partial charge in [0.05, 0.1) is 36.5 Å². The van der Waals surface area contributed by atoms with E-state index in [9.17, 15) is 23.5 Å². The fraction of sp³-hybridized carbons (Fsp3) is 0.312. The number of aromatic nitrogens is 1. The first-order chi connectivity index (χ1) is 20.3. The zero-order valence-electron chi connectivity index (χ0n) is 23.4. The maximum Gasteiger partial charge on any atom is 0.322 e. The normalized spacial score (nSPS) is 17.8. The van der Waals surface area contributed by atoms with Crippen molar-refractivity contribution in [3.05, 3.63) is 95.2 Å². The Hall–Kier alpha value is -4.44. The second kappa shape index (κ2) is 10.8. The highest BCUT2D eigenvalue weighted by Crippen LogP contribution is 2.50. The number of aryl methyl sites for hydroxylation is 1. The lowest BCUT2D eigenvalue weighted by atomic mass is 9.68. The van der Waals surface area contributed by atoms with Gasteiger partial charge in [0.2, 0.25) is 0 Å². The quantitative estimate of drug-likeness (QED) is 0.350. The van der Waals surface area contributed by atoms with Crippen molar-refractivity contribution in [2.75, 3.05) is 38.7 Å². The first-order valence-corrected chi connectivity index (χ1v) is 13.9. The molecule has 0 unspecified atom stereocenters. The zero-order valence-corrected chi connectivity index (χ0v) is 23.4. The van der Waals surface area contributed by atoms with Crippen LogP contribution in [0.1, 0.15) is 40.5 Å². The molecule has 0 saturated carbocycles. The van der Waals surface area contributed by atoms with Crippen LogP contribution < -0.4 is 10.1 Å². The number of hydrogen-bond donors (Lipinski definition) is 2. The Morgan fingerprint density at radius 2 is 1.71 bits per heavy atom. The van der Waals surface area contributed by atoms with Crippen LogP contribution >= 0.6 is 0 Å². The van der Waals surface area contributed by atoms with Crippen LogP contribution in [0.5, 0.6) is 5.75 Å². The van der Waals surface area contributed by atoms with E-state index in [0.717, 1.165) is 22.2 Å². The molecule has 3 heterocycles. The fourth-order valence-electron chi connectivity index (χ4n) is 6.67. The molecule has 218 valence electrons. The summed E-state index contributed by atoms with van der Waals surface area (Å²) in [7, 11) is 3.49. The summed E-state index contributed by atoms with van der Waals surface area (Å²) in [6.07, 6.45) is 1.01. The molecular formula is C32H32F2N4O4. The van der Waals surface area contributed by atoms with Crippen molar-refractivity contribution in [2.24, 2.45) is 7.05 Å². The smallest absolute Gasteiger partial charge is 0.322 e. The van der Waals surface area contributed by atoms with Crippen LogP contribution in [0.15, 0.2) is 66.7 Å². The number of halogens is 2. The molecule has 1 saturated heterocycles. The molecule has 1 atom stereocenters. The van der Waals surface area contributed by atoms with Crippen molar-refractivity contribution in [3.8, 4) is 5.75 Å². The number of aliphatic hydroxyl groups excluding tert-OH is 1. The molecule has 1 aromatic heterocycles. The predicted molar refractivity (Wildman–Crippen MR) is 155 cm³/mol. The van der Waals surface area contributed by atoms with Crippen LogP contribution in [0.25, 0.3) is 10.9 Å². The minimum atomic E-state index is -0.695. The Kier molecular flexibility index (Phi) is 7.10. The van der Waals surface area contributed by atoms with Crippen molar-refractivity contribution in [1.29, 1.82) is 0 Å². The maximum absolute atomic E-state index is 14.5. The van der Waals surface area contributed by atoms with Gasteiger partial charge in [-0.2, -0.15) is 0 Å². The summed E-state index contributed by atoms with van der Waals surface area (Å²) in [5.74, 6) is -0.818. The minimum absolute atomic E-state index is 0.0290. The van der Waals surface area contributed by atoms with Crippen LogP contribution in [0.3, 0.4) is 0 Å². The molecule has 0 aliphatic carbocycles. The summed E-state index contributed by atoms with van der Waals surface area (Å²) < 4.78 is 36.4. The number of para-hydroxylation sites is 1. The lowest BCUT2D eigenvalue weighted by molar-refractivity contribution is 0.0534. The van der Waals surface area contributed by atoms with Gasteiger partial charge >= 0.3 is 6.03 Å². The van der Waals surface area contributed by atoms with Gasteiger partial charge in [-0.3, -0.25) is 4.79 Å². The number of carbonyl (C=O) groups excluding carboxylic acids is 2. The third-order valence-electron chi connectivity index (χ3n) is 8.81. The van der Waals surface area contributed by atoms with E-state index in [1.807, 2.05) is 29.8 Å². The maximum atomic E-state index is 14.5. The highest BCUT2D eigenvalue weighted by molar-refractivity contribution is 5.95. The van der Waals surface area contributed by atoms with Gasteiger partial charge in [-0.25, -0.2) is 13.6 Å². The molecule has 1 spiro atoms. The Balaban J connectivity index is 1.42. The Labute approximate surface area is 242 Å². The molecular weight excluding hydrogens is 542 g/mol. The fourth-order valence-corrected chi connectivity index (χ4v) is 6.67. The van der Waals surface area contributed by atoms with E-state index in [-0.39, 0.29) is 30.3 Å². The van der Waals surface area contributed by atoms with Gasteiger partial charge in [0.25, 0.3) is 5.91 Å². The summed E-state index contributed by atoms with van der Waals surface area (Å²) in [6.45, 7) is 0.614. The average molecular weight is 575 g/mol. The van der Waals surface area contributed by atoms with Crippen LogP contribution in [0.2, 0.25) is 0 Å². The molecule has 1 fully saturated rings.